The highest BCUT2D eigenvalue weighted by Crippen LogP contribution is 1.99. The maximum Gasteiger partial charge on any atom is 0.0962 e. The smallest absolute Gasteiger partial charge is 0.0962 e. The van der Waals surface area contributed by atoms with Crippen molar-refractivity contribution in [3.63, 3.8) is 0 Å². The van der Waals surface area contributed by atoms with E-state index in [1.165, 1.54) is 0 Å². The molecule has 0 bridgehead atoms. The largest absolute Gasteiger partial charge is 0.380 e. The molecule has 0 unspecified atom stereocenters. The molecule has 5 nitrogen and oxygen atoms in total. The summed E-state index contributed by atoms with van der Waals surface area (Å²) in [7, 11) is 0. The van der Waals surface area contributed by atoms with E-state index in [1.807, 2.05) is 6.20 Å². The number of nitrogens with two attached hydrogens (primary N) is 1. The van der Waals surface area contributed by atoms with Crippen LogP contribution in [0.1, 0.15) is 26.0 Å². The predicted octanol–water partition coefficient (Wildman–Crippen LogP) is 0.799. The minimum absolute atomic E-state index is 0.439. The molecule has 0 atom stereocenters. The summed E-state index contributed by atoms with van der Waals surface area (Å²) in [5, 5.41) is 7.82. The van der Waals surface area contributed by atoms with Gasteiger partial charge in [0, 0.05) is 19.3 Å². The molecule has 0 radical (unpaired) electrons. The van der Waals surface area contributed by atoms with Gasteiger partial charge in [0.05, 0.1) is 18.8 Å². The SMILES string of the molecule is CC(C)CCOCCn1cc(CN)nn1. The Bertz CT molecular complexity index is 272. The predicted molar refractivity (Wildman–Crippen MR) is 58.2 cm³/mol. The van der Waals surface area contributed by atoms with Crippen molar-refractivity contribution in [1.29, 1.82) is 0 Å². The molecule has 5 heteroatoms. The van der Waals surface area contributed by atoms with Crippen LogP contribution >= 0.6 is 0 Å². The number of ether oxygens (including phenoxy) is 1. The Kier molecular flexibility index (Phi) is 5.28. The van der Waals surface area contributed by atoms with Crippen LogP contribution in [0.4, 0.5) is 0 Å². The monoisotopic (exact) mass is 212 g/mol. The fraction of sp³-hybridized carbons (Fsp3) is 0.800. The molecule has 1 heterocycles. The first kappa shape index (κ1) is 12.1. The first-order valence-electron chi connectivity index (χ1n) is 5.39. The van der Waals surface area contributed by atoms with Gasteiger partial charge in [0.25, 0.3) is 0 Å². The van der Waals surface area contributed by atoms with Crippen molar-refractivity contribution in [2.24, 2.45) is 11.7 Å². The minimum Gasteiger partial charge on any atom is -0.380 e. The maximum absolute atomic E-state index is 5.47. The van der Waals surface area contributed by atoms with E-state index in [0.717, 1.165) is 25.3 Å². The summed E-state index contributed by atoms with van der Waals surface area (Å²) in [5.74, 6) is 0.695. The van der Waals surface area contributed by atoms with Gasteiger partial charge in [-0.25, -0.2) is 4.68 Å². The quantitative estimate of drug-likeness (QED) is 0.679. The molecule has 0 saturated heterocycles. The zero-order valence-corrected chi connectivity index (χ0v) is 9.52. The van der Waals surface area contributed by atoms with Gasteiger partial charge in [0.2, 0.25) is 0 Å². The van der Waals surface area contributed by atoms with E-state index in [1.54, 1.807) is 4.68 Å². The lowest BCUT2D eigenvalue weighted by Gasteiger charge is -2.05. The molecule has 0 aliphatic carbocycles. The highest BCUT2D eigenvalue weighted by Gasteiger charge is 1.98. The molecule has 86 valence electrons. The topological polar surface area (TPSA) is 66.0 Å². The second kappa shape index (κ2) is 6.53. The molecule has 0 aliphatic rings. The van der Waals surface area contributed by atoms with Gasteiger partial charge in [-0.3, -0.25) is 0 Å². The summed E-state index contributed by atoms with van der Waals surface area (Å²) in [6, 6.07) is 0. The van der Waals surface area contributed by atoms with Gasteiger partial charge in [0.15, 0.2) is 0 Å². The zero-order valence-electron chi connectivity index (χ0n) is 9.52. The Hall–Kier alpha value is -0.940. The van der Waals surface area contributed by atoms with Gasteiger partial charge in [-0.15, -0.1) is 5.10 Å². The van der Waals surface area contributed by atoms with Crippen molar-refractivity contribution >= 4 is 0 Å². The maximum atomic E-state index is 5.47. The highest BCUT2D eigenvalue weighted by molar-refractivity contribution is 4.90. The first-order chi connectivity index (χ1) is 7.22. The summed E-state index contributed by atoms with van der Waals surface area (Å²) in [6.45, 7) is 7.05. The highest BCUT2D eigenvalue weighted by atomic mass is 16.5. The lowest BCUT2D eigenvalue weighted by atomic mass is 10.1. The zero-order chi connectivity index (χ0) is 11.1. The average molecular weight is 212 g/mol. The van der Waals surface area contributed by atoms with Crippen molar-refractivity contribution < 1.29 is 4.74 Å². The molecule has 0 saturated carbocycles. The molecule has 0 fully saturated rings. The third-order valence-corrected chi connectivity index (χ3v) is 2.10. The number of hydrogen-bond acceptors (Lipinski definition) is 4. The van der Waals surface area contributed by atoms with E-state index in [9.17, 15) is 0 Å². The Labute approximate surface area is 90.6 Å². The minimum atomic E-state index is 0.439. The van der Waals surface area contributed by atoms with E-state index >= 15 is 0 Å². The molecule has 0 aromatic carbocycles. The van der Waals surface area contributed by atoms with Gasteiger partial charge >= 0.3 is 0 Å². The number of aromatic nitrogens is 3. The van der Waals surface area contributed by atoms with Gasteiger partial charge in [0.1, 0.15) is 0 Å². The van der Waals surface area contributed by atoms with Crippen LogP contribution in [0.2, 0.25) is 0 Å². The van der Waals surface area contributed by atoms with Crippen molar-refractivity contribution in [3.8, 4) is 0 Å². The Balaban J connectivity index is 2.09. The Morgan fingerprint density at radius 2 is 2.27 bits per heavy atom. The second-order valence-corrected chi connectivity index (χ2v) is 3.97. The lowest BCUT2D eigenvalue weighted by Crippen LogP contribution is -2.08. The Morgan fingerprint density at radius 3 is 2.87 bits per heavy atom. The molecular formula is C10H20N4O. The van der Waals surface area contributed by atoms with Crippen LogP contribution < -0.4 is 5.73 Å². The molecule has 15 heavy (non-hydrogen) atoms. The summed E-state index contributed by atoms with van der Waals surface area (Å²) in [4.78, 5) is 0. The van der Waals surface area contributed by atoms with Crippen LogP contribution in [0.15, 0.2) is 6.20 Å². The van der Waals surface area contributed by atoms with Crippen LogP contribution in [-0.4, -0.2) is 28.2 Å². The lowest BCUT2D eigenvalue weighted by molar-refractivity contribution is 0.113. The van der Waals surface area contributed by atoms with E-state index < -0.39 is 0 Å². The van der Waals surface area contributed by atoms with E-state index in [2.05, 4.69) is 24.2 Å². The second-order valence-electron chi connectivity index (χ2n) is 3.97. The van der Waals surface area contributed by atoms with Gasteiger partial charge in [-0.05, 0) is 12.3 Å². The summed E-state index contributed by atoms with van der Waals surface area (Å²) < 4.78 is 7.23. The molecule has 0 aliphatic heterocycles. The van der Waals surface area contributed by atoms with Crippen molar-refractivity contribution in [2.45, 2.75) is 33.4 Å². The number of rotatable bonds is 7. The third-order valence-electron chi connectivity index (χ3n) is 2.10. The van der Waals surface area contributed by atoms with Crippen molar-refractivity contribution in [1.82, 2.24) is 15.0 Å². The van der Waals surface area contributed by atoms with Crippen molar-refractivity contribution in [2.75, 3.05) is 13.2 Å². The molecule has 0 spiro atoms. The fourth-order valence-electron chi connectivity index (χ4n) is 1.12. The molecule has 1 aromatic heterocycles. The fourth-order valence-corrected chi connectivity index (χ4v) is 1.12. The Morgan fingerprint density at radius 1 is 1.47 bits per heavy atom. The molecular weight excluding hydrogens is 192 g/mol. The van der Waals surface area contributed by atoms with Crippen LogP contribution in [-0.2, 0) is 17.8 Å². The summed E-state index contributed by atoms with van der Waals surface area (Å²) >= 11 is 0. The van der Waals surface area contributed by atoms with Gasteiger partial charge in [-0.2, -0.15) is 0 Å². The molecule has 0 amide bonds. The normalized spacial score (nSPS) is 11.2. The molecule has 1 aromatic rings. The standard InChI is InChI=1S/C10H20N4O/c1-9(2)3-5-15-6-4-14-8-10(7-11)12-13-14/h8-9H,3-7,11H2,1-2H3. The summed E-state index contributed by atoms with van der Waals surface area (Å²) in [6.07, 6.45) is 2.96. The van der Waals surface area contributed by atoms with Gasteiger partial charge in [-0.1, -0.05) is 19.1 Å². The van der Waals surface area contributed by atoms with Crippen LogP contribution in [0, 0.1) is 5.92 Å². The van der Waals surface area contributed by atoms with E-state index in [-0.39, 0.29) is 0 Å². The summed E-state index contributed by atoms with van der Waals surface area (Å²) in [5.41, 5.74) is 6.24. The third kappa shape index (κ3) is 4.90. The molecule has 1 rings (SSSR count). The van der Waals surface area contributed by atoms with E-state index in [0.29, 0.717) is 19.1 Å². The molecule has 2 N–H and O–H groups in total. The van der Waals surface area contributed by atoms with Crippen LogP contribution in [0.3, 0.4) is 0 Å². The van der Waals surface area contributed by atoms with Gasteiger partial charge < -0.3 is 10.5 Å². The van der Waals surface area contributed by atoms with Crippen LogP contribution in [0.25, 0.3) is 0 Å². The number of nitrogens with zero attached hydrogens (tertiary/aromatic N) is 3. The number of hydrogen-bond donors (Lipinski definition) is 1. The van der Waals surface area contributed by atoms with Crippen molar-refractivity contribution in [3.05, 3.63) is 11.9 Å². The first-order valence-corrected chi connectivity index (χ1v) is 5.39. The van der Waals surface area contributed by atoms with E-state index in [4.69, 9.17) is 10.5 Å². The average Bonchev–Trinajstić information content (AvgIpc) is 2.65. The van der Waals surface area contributed by atoms with Crippen LogP contribution in [0.5, 0.6) is 0 Å².